The predicted octanol–water partition coefficient (Wildman–Crippen LogP) is 3.58. The van der Waals surface area contributed by atoms with E-state index in [1.807, 2.05) is 6.92 Å². The van der Waals surface area contributed by atoms with Crippen LogP contribution in [0.3, 0.4) is 0 Å². The lowest BCUT2D eigenvalue weighted by Gasteiger charge is -2.24. The van der Waals surface area contributed by atoms with Crippen molar-refractivity contribution in [2.45, 2.75) is 65.4 Å². The molecule has 0 bridgehead atoms. The molecule has 0 aromatic heterocycles. The van der Waals surface area contributed by atoms with Crippen LogP contribution in [-0.2, 0) is 14.3 Å². The molecule has 0 saturated heterocycles. The fourth-order valence-electron chi connectivity index (χ4n) is 2.10. The summed E-state index contributed by atoms with van der Waals surface area (Å²) >= 11 is 0. The van der Waals surface area contributed by atoms with Gasteiger partial charge in [0.1, 0.15) is 5.76 Å². The van der Waals surface area contributed by atoms with E-state index in [0.717, 1.165) is 49.9 Å². The Hall–Kier alpha value is -0.990. The van der Waals surface area contributed by atoms with Crippen LogP contribution >= 0.6 is 0 Å². The molecule has 0 aliphatic heterocycles. The van der Waals surface area contributed by atoms with Gasteiger partial charge in [0.15, 0.2) is 0 Å². The summed E-state index contributed by atoms with van der Waals surface area (Å²) in [5, 5.41) is 0. The van der Waals surface area contributed by atoms with E-state index in [9.17, 15) is 4.79 Å². The molecule has 3 nitrogen and oxygen atoms in total. The van der Waals surface area contributed by atoms with E-state index in [2.05, 4.69) is 13.8 Å². The summed E-state index contributed by atoms with van der Waals surface area (Å²) < 4.78 is 11.0. The second-order valence-electron chi connectivity index (χ2n) is 4.39. The van der Waals surface area contributed by atoms with Crippen LogP contribution in [0.25, 0.3) is 0 Å². The minimum atomic E-state index is -0.187. The number of carbonyl (C=O) groups excluding carboxylic acids is 1. The Bertz CT molecular complexity index is 277. The first-order valence-electron chi connectivity index (χ1n) is 6.78. The van der Waals surface area contributed by atoms with Gasteiger partial charge in [0.2, 0.25) is 0 Å². The average Bonchev–Trinajstić information content (AvgIpc) is 2.36. The number of esters is 1. The van der Waals surface area contributed by atoms with Crippen molar-refractivity contribution in [3.8, 4) is 0 Å². The summed E-state index contributed by atoms with van der Waals surface area (Å²) in [5.74, 6) is 0.691. The van der Waals surface area contributed by atoms with Crippen LogP contribution in [0, 0.1) is 0 Å². The molecule has 17 heavy (non-hydrogen) atoms. The Morgan fingerprint density at radius 2 is 1.82 bits per heavy atom. The Kier molecular flexibility index (Phi) is 6.09. The number of allylic oxidation sites excluding steroid dienone is 1. The molecule has 0 atom stereocenters. The zero-order chi connectivity index (χ0) is 12.7. The smallest absolute Gasteiger partial charge is 0.337 e. The van der Waals surface area contributed by atoms with Crippen LogP contribution in [0.15, 0.2) is 11.3 Å². The molecule has 0 unspecified atom stereocenters. The monoisotopic (exact) mass is 240 g/mol. The van der Waals surface area contributed by atoms with Gasteiger partial charge in [-0.25, -0.2) is 4.79 Å². The molecule has 0 heterocycles. The lowest BCUT2D eigenvalue weighted by atomic mass is 9.97. The number of hydrogen-bond acceptors (Lipinski definition) is 3. The molecule has 1 aliphatic rings. The highest BCUT2D eigenvalue weighted by molar-refractivity contribution is 5.89. The molecule has 0 saturated carbocycles. The standard InChI is InChI=1S/C14H24O3/c1-4-11(5-2)17-13-10-8-7-9-12(13)14(15)16-6-3/h11H,4-10H2,1-3H3. The lowest BCUT2D eigenvalue weighted by Crippen LogP contribution is -2.18. The van der Waals surface area contributed by atoms with Crippen LogP contribution < -0.4 is 0 Å². The van der Waals surface area contributed by atoms with Gasteiger partial charge in [-0.2, -0.15) is 0 Å². The minimum Gasteiger partial charge on any atom is -0.494 e. The van der Waals surface area contributed by atoms with Gasteiger partial charge < -0.3 is 9.47 Å². The first-order chi connectivity index (χ1) is 8.22. The fourth-order valence-corrected chi connectivity index (χ4v) is 2.10. The molecule has 98 valence electrons. The molecule has 0 spiro atoms. The maximum absolute atomic E-state index is 11.8. The predicted molar refractivity (Wildman–Crippen MR) is 67.6 cm³/mol. The van der Waals surface area contributed by atoms with Gasteiger partial charge in [0.25, 0.3) is 0 Å². The summed E-state index contributed by atoms with van der Waals surface area (Å²) in [4.78, 5) is 11.8. The van der Waals surface area contributed by atoms with Crippen LogP contribution in [-0.4, -0.2) is 18.7 Å². The van der Waals surface area contributed by atoms with Crippen molar-refractivity contribution in [3.05, 3.63) is 11.3 Å². The number of rotatable bonds is 6. The quantitative estimate of drug-likeness (QED) is 0.666. The van der Waals surface area contributed by atoms with Gasteiger partial charge in [-0.05, 0) is 39.0 Å². The molecule has 0 amide bonds. The largest absolute Gasteiger partial charge is 0.494 e. The average molecular weight is 240 g/mol. The van der Waals surface area contributed by atoms with Crippen molar-refractivity contribution in [1.82, 2.24) is 0 Å². The van der Waals surface area contributed by atoms with E-state index in [1.165, 1.54) is 0 Å². The van der Waals surface area contributed by atoms with Crippen LogP contribution in [0.1, 0.15) is 59.3 Å². The second-order valence-corrected chi connectivity index (χ2v) is 4.39. The molecule has 0 radical (unpaired) electrons. The maximum atomic E-state index is 11.8. The van der Waals surface area contributed by atoms with E-state index >= 15 is 0 Å². The topological polar surface area (TPSA) is 35.5 Å². The second kappa shape index (κ2) is 7.36. The molecule has 1 aliphatic carbocycles. The third kappa shape index (κ3) is 4.06. The van der Waals surface area contributed by atoms with Crippen LogP contribution in [0.5, 0.6) is 0 Å². The maximum Gasteiger partial charge on any atom is 0.337 e. The normalized spacial score (nSPS) is 16.2. The molecule has 3 heteroatoms. The van der Waals surface area contributed by atoms with E-state index in [4.69, 9.17) is 9.47 Å². The number of ether oxygens (including phenoxy) is 2. The van der Waals surface area contributed by atoms with Crippen molar-refractivity contribution < 1.29 is 14.3 Å². The highest BCUT2D eigenvalue weighted by Gasteiger charge is 2.22. The number of carbonyl (C=O) groups is 1. The Balaban J connectivity index is 2.76. The SMILES string of the molecule is CCOC(=O)C1=C(OC(CC)CC)CCCC1. The Morgan fingerprint density at radius 3 is 2.41 bits per heavy atom. The lowest BCUT2D eigenvalue weighted by molar-refractivity contribution is -0.139. The van der Waals surface area contributed by atoms with E-state index in [0.29, 0.717) is 6.61 Å². The summed E-state index contributed by atoms with van der Waals surface area (Å²) in [6.45, 7) is 6.49. The summed E-state index contributed by atoms with van der Waals surface area (Å²) in [7, 11) is 0. The van der Waals surface area contributed by atoms with Crippen molar-refractivity contribution >= 4 is 5.97 Å². The molecular formula is C14H24O3. The molecular weight excluding hydrogens is 216 g/mol. The Labute approximate surface area is 104 Å². The van der Waals surface area contributed by atoms with Crippen LogP contribution in [0.2, 0.25) is 0 Å². The summed E-state index contributed by atoms with van der Waals surface area (Å²) in [6.07, 6.45) is 6.04. The van der Waals surface area contributed by atoms with E-state index in [-0.39, 0.29) is 12.1 Å². The van der Waals surface area contributed by atoms with Gasteiger partial charge in [0, 0.05) is 6.42 Å². The van der Waals surface area contributed by atoms with Gasteiger partial charge >= 0.3 is 5.97 Å². The molecule has 1 rings (SSSR count). The van der Waals surface area contributed by atoms with E-state index < -0.39 is 0 Å². The van der Waals surface area contributed by atoms with Gasteiger partial charge in [-0.15, -0.1) is 0 Å². The zero-order valence-electron chi connectivity index (χ0n) is 11.3. The Morgan fingerprint density at radius 1 is 1.18 bits per heavy atom. The highest BCUT2D eigenvalue weighted by Crippen LogP contribution is 2.28. The van der Waals surface area contributed by atoms with Gasteiger partial charge in [-0.1, -0.05) is 13.8 Å². The number of hydrogen-bond donors (Lipinski definition) is 0. The van der Waals surface area contributed by atoms with Crippen molar-refractivity contribution in [1.29, 1.82) is 0 Å². The summed E-state index contributed by atoms with van der Waals surface area (Å²) in [5.41, 5.74) is 0.769. The van der Waals surface area contributed by atoms with Gasteiger partial charge in [0.05, 0.1) is 18.3 Å². The zero-order valence-corrected chi connectivity index (χ0v) is 11.3. The van der Waals surface area contributed by atoms with Crippen molar-refractivity contribution in [3.63, 3.8) is 0 Å². The van der Waals surface area contributed by atoms with Crippen LogP contribution in [0.4, 0.5) is 0 Å². The third-order valence-corrected chi connectivity index (χ3v) is 3.16. The third-order valence-electron chi connectivity index (χ3n) is 3.16. The highest BCUT2D eigenvalue weighted by atomic mass is 16.5. The first-order valence-corrected chi connectivity index (χ1v) is 6.78. The van der Waals surface area contributed by atoms with Gasteiger partial charge in [-0.3, -0.25) is 0 Å². The summed E-state index contributed by atoms with van der Waals surface area (Å²) in [6, 6.07) is 0. The molecule has 0 aromatic carbocycles. The molecule has 0 fully saturated rings. The first kappa shape index (κ1) is 14.1. The van der Waals surface area contributed by atoms with Crippen molar-refractivity contribution in [2.75, 3.05) is 6.61 Å². The van der Waals surface area contributed by atoms with E-state index in [1.54, 1.807) is 0 Å². The molecule has 0 N–H and O–H groups in total. The fraction of sp³-hybridized carbons (Fsp3) is 0.786. The minimum absolute atomic E-state index is 0.187. The molecule has 0 aromatic rings. The van der Waals surface area contributed by atoms with Crippen molar-refractivity contribution in [2.24, 2.45) is 0 Å².